The van der Waals surface area contributed by atoms with Crippen molar-refractivity contribution in [2.75, 3.05) is 9.21 Å². The summed E-state index contributed by atoms with van der Waals surface area (Å²) in [5.74, 6) is 0. The number of nitrogens with zero attached hydrogens (tertiary/aromatic N) is 2. The molecule has 3 aromatic rings. The molecule has 1 aliphatic rings. The van der Waals surface area contributed by atoms with Crippen LogP contribution in [0.2, 0.25) is 0 Å². The molecule has 0 aromatic heterocycles. The fourth-order valence-electron chi connectivity index (χ4n) is 3.66. The van der Waals surface area contributed by atoms with Gasteiger partial charge in [-0.05, 0) is 60.9 Å². The molecule has 166 valence electrons. The number of carbonyl (C=O) groups is 1. The third kappa shape index (κ3) is 3.73. The molecular weight excluding hydrogens is 441 g/mol. The van der Waals surface area contributed by atoms with Crippen molar-refractivity contribution in [2.24, 2.45) is 0 Å². The summed E-state index contributed by atoms with van der Waals surface area (Å²) >= 11 is 0. The lowest BCUT2D eigenvalue weighted by atomic mass is 10.1. The Morgan fingerprint density at radius 2 is 1.59 bits per heavy atom. The molecule has 0 saturated heterocycles. The second-order valence-electron chi connectivity index (χ2n) is 7.59. The number of para-hydroxylation sites is 1. The Kier molecular flexibility index (Phi) is 5.24. The number of amides is 2. The number of fused-ring (bicyclic) bond motifs is 1. The number of anilines is 2. The molecule has 5 nitrogen and oxygen atoms in total. The van der Waals surface area contributed by atoms with Crippen molar-refractivity contribution < 1.29 is 26.4 Å². The van der Waals surface area contributed by atoms with Gasteiger partial charge in [-0.3, -0.25) is 4.90 Å². The molecule has 0 spiro atoms. The van der Waals surface area contributed by atoms with Gasteiger partial charge in [-0.15, -0.1) is 0 Å². The Morgan fingerprint density at radius 1 is 0.875 bits per heavy atom. The van der Waals surface area contributed by atoms with E-state index in [4.69, 9.17) is 0 Å². The van der Waals surface area contributed by atoms with E-state index in [-0.39, 0.29) is 28.4 Å². The van der Waals surface area contributed by atoms with Crippen LogP contribution in [0.3, 0.4) is 0 Å². The molecular formula is C23H19F3N2O3S. The summed E-state index contributed by atoms with van der Waals surface area (Å²) in [5, 5.41) is 0. The molecule has 0 atom stereocenters. The van der Waals surface area contributed by atoms with E-state index in [2.05, 4.69) is 0 Å². The molecule has 4 rings (SSSR count). The predicted molar refractivity (Wildman–Crippen MR) is 115 cm³/mol. The Morgan fingerprint density at radius 3 is 2.31 bits per heavy atom. The van der Waals surface area contributed by atoms with Crippen molar-refractivity contribution in [3.63, 3.8) is 0 Å². The van der Waals surface area contributed by atoms with Gasteiger partial charge in [0.15, 0.2) is 0 Å². The van der Waals surface area contributed by atoms with Crippen molar-refractivity contribution >= 4 is 27.4 Å². The average Bonchev–Trinajstić information content (AvgIpc) is 2.73. The van der Waals surface area contributed by atoms with Gasteiger partial charge in [0.05, 0.1) is 23.5 Å². The van der Waals surface area contributed by atoms with E-state index in [0.717, 1.165) is 22.0 Å². The minimum Gasteiger partial charge on any atom is -0.287 e. The van der Waals surface area contributed by atoms with Crippen LogP contribution in [0.4, 0.5) is 29.3 Å². The highest BCUT2D eigenvalue weighted by atomic mass is 32.2. The quantitative estimate of drug-likeness (QED) is 0.507. The van der Waals surface area contributed by atoms with E-state index >= 15 is 0 Å². The molecule has 0 unspecified atom stereocenters. The van der Waals surface area contributed by atoms with Crippen molar-refractivity contribution in [1.82, 2.24) is 0 Å². The van der Waals surface area contributed by atoms with Gasteiger partial charge < -0.3 is 0 Å². The number of rotatable bonds is 3. The first-order valence-electron chi connectivity index (χ1n) is 9.69. The largest absolute Gasteiger partial charge is 0.416 e. The lowest BCUT2D eigenvalue weighted by molar-refractivity contribution is -0.137. The summed E-state index contributed by atoms with van der Waals surface area (Å²) in [4.78, 5) is 14.6. The van der Waals surface area contributed by atoms with Crippen molar-refractivity contribution in [3.8, 4) is 0 Å². The zero-order valence-electron chi connectivity index (χ0n) is 17.2. The number of aryl methyl sites for hydroxylation is 2. The molecule has 2 amide bonds. The zero-order chi connectivity index (χ0) is 23.3. The summed E-state index contributed by atoms with van der Waals surface area (Å²) in [6.45, 7) is 3.24. The highest BCUT2D eigenvalue weighted by Crippen LogP contribution is 2.39. The summed E-state index contributed by atoms with van der Waals surface area (Å²) < 4.78 is 67.0. The summed E-state index contributed by atoms with van der Waals surface area (Å²) in [5.41, 5.74) is 1.05. The van der Waals surface area contributed by atoms with Crippen molar-refractivity contribution in [1.29, 1.82) is 0 Å². The molecule has 1 aliphatic heterocycles. The lowest BCUT2D eigenvalue weighted by Crippen LogP contribution is -2.51. The fourth-order valence-corrected chi connectivity index (χ4v) is 5.31. The first kappa shape index (κ1) is 21.9. The number of urea groups is 1. The number of halogens is 3. The number of carbonyl (C=O) groups excluding carboxylic acids is 1. The second-order valence-corrected chi connectivity index (χ2v) is 9.35. The van der Waals surface area contributed by atoms with E-state index in [1.54, 1.807) is 38.1 Å². The van der Waals surface area contributed by atoms with Gasteiger partial charge in [-0.25, -0.2) is 13.2 Å². The first-order chi connectivity index (χ1) is 15.0. The third-order valence-corrected chi connectivity index (χ3v) is 6.99. The highest BCUT2D eigenvalue weighted by molar-refractivity contribution is 7.94. The summed E-state index contributed by atoms with van der Waals surface area (Å²) in [7, 11) is -4.22. The Bertz CT molecular complexity index is 1320. The van der Waals surface area contributed by atoms with E-state index in [1.807, 2.05) is 0 Å². The third-order valence-electron chi connectivity index (χ3n) is 5.26. The van der Waals surface area contributed by atoms with Crippen LogP contribution in [0.5, 0.6) is 0 Å². The number of alkyl halides is 3. The van der Waals surface area contributed by atoms with Crippen LogP contribution in [0.15, 0.2) is 71.6 Å². The number of hydrogen-bond acceptors (Lipinski definition) is 3. The maximum absolute atomic E-state index is 13.5. The molecule has 0 N–H and O–H groups in total. The van der Waals surface area contributed by atoms with E-state index in [0.29, 0.717) is 5.56 Å². The zero-order valence-corrected chi connectivity index (χ0v) is 18.0. The molecule has 0 radical (unpaired) electrons. The van der Waals surface area contributed by atoms with Gasteiger partial charge in [-0.1, -0.05) is 36.4 Å². The monoisotopic (exact) mass is 460 g/mol. The molecule has 0 fully saturated rings. The SMILES string of the molecule is Cc1ccc(C)c(N2C(=O)N(Cc3cccc(C(F)(F)F)c3)c3ccccc3S2(=O)=O)c1. The maximum Gasteiger partial charge on any atom is 0.416 e. The first-order valence-corrected chi connectivity index (χ1v) is 11.1. The van der Waals surface area contributed by atoms with Gasteiger partial charge in [0.25, 0.3) is 10.0 Å². The molecule has 9 heteroatoms. The molecule has 32 heavy (non-hydrogen) atoms. The van der Waals surface area contributed by atoms with E-state index in [9.17, 15) is 26.4 Å². The van der Waals surface area contributed by atoms with E-state index < -0.39 is 27.8 Å². The summed E-state index contributed by atoms with van der Waals surface area (Å²) in [6, 6.07) is 14.9. The van der Waals surface area contributed by atoms with Crippen LogP contribution in [-0.4, -0.2) is 14.4 Å². The van der Waals surface area contributed by atoms with Gasteiger partial charge in [0.2, 0.25) is 0 Å². The average molecular weight is 460 g/mol. The van der Waals surface area contributed by atoms with Crippen LogP contribution in [0, 0.1) is 13.8 Å². The minimum atomic E-state index is -4.53. The topological polar surface area (TPSA) is 57.7 Å². The van der Waals surface area contributed by atoms with Crippen LogP contribution in [0.25, 0.3) is 0 Å². The Balaban J connectivity index is 1.86. The van der Waals surface area contributed by atoms with Crippen LogP contribution < -0.4 is 9.21 Å². The molecule has 1 heterocycles. The lowest BCUT2D eigenvalue weighted by Gasteiger charge is -2.37. The molecule has 3 aromatic carbocycles. The van der Waals surface area contributed by atoms with Gasteiger partial charge in [-0.2, -0.15) is 17.5 Å². The van der Waals surface area contributed by atoms with Crippen LogP contribution >= 0.6 is 0 Å². The normalized spacial score (nSPS) is 15.6. The maximum atomic E-state index is 13.5. The molecule has 0 aliphatic carbocycles. The number of hydrogen-bond donors (Lipinski definition) is 0. The number of sulfonamides is 1. The molecule has 0 bridgehead atoms. The van der Waals surface area contributed by atoms with Crippen molar-refractivity contribution in [2.45, 2.75) is 31.5 Å². The van der Waals surface area contributed by atoms with E-state index in [1.165, 1.54) is 35.2 Å². The Hall–Kier alpha value is -3.33. The molecule has 0 saturated carbocycles. The van der Waals surface area contributed by atoms with Crippen LogP contribution in [0.1, 0.15) is 22.3 Å². The fraction of sp³-hybridized carbons (Fsp3) is 0.174. The second kappa shape index (κ2) is 7.67. The van der Waals surface area contributed by atoms with Gasteiger partial charge in [0.1, 0.15) is 4.90 Å². The predicted octanol–water partition coefficient (Wildman–Crippen LogP) is 5.66. The van der Waals surface area contributed by atoms with Crippen molar-refractivity contribution in [3.05, 3.63) is 89.0 Å². The smallest absolute Gasteiger partial charge is 0.287 e. The Labute approximate surface area is 183 Å². The van der Waals surface area contributed by atoms with Crippen LogP contribution in [-0.2, 0) is 22.7 Å². The van der Waals surface area contributed by atoms with Gasteiger partial charge >= 0.3 is 12.2 Å². The summed E-state index contributed by atoms with van der Waals surface area (Å²) in [6.07, 6.45) is -4.53. The standard InChI is InChI=1S/C23H19F3N2O3S/c1-15-10-11-16(2)20(12-15)28-22(29)27(19-8-3-4-9-21(19)32(28,30)31)14-17-6-5-7-18(13-17)23(24,25)26/h3-13H,14H2,1-2H3. The highest BCUT2D eigenvalue weighted by Gasteiger charge is 2.43. The van der Waals surface area contributed by atoms with Gasteiger partial charge in [0, 0.05) is 0 Å². The number of benzene rings is 3. The minimum absolute atomic E-state index is 0.0903.